The van der Waals surface area contributed by atoms with Crippen molar-refractivity contribution in [3.05, 3.63) is 34.9 Å². The first-order valence-corrected chi connectivity index (χ1v) is 11.4. The molecule has 2 fully saturated rings. The average Bonchev–Trinajstić information content (AvgIpc) is 3.05. The second kappa shape index (κ2) is 10.3. The van der Waals surface area contributed by atoms with Crippen LogP contribution in [0.4, 0.5) is 0 Å². The van der Waals surface area contributed by atoms with Crippen molar-refractivity contribution in [1.82, 2.24) is 20.4 Å². The Bertz CT molecular complexity index is 896. The van der Waals surface area contributed by atoms with E-state index in [4.69, 9.17) is 4.74 Å². The molecule has 0 bridgehead atoms. The zero-order valence-corrected chi connectivity index (χ0v) is 18.2. The Morgan fingerprint density at radius 1 is 1.00 bits per heavy atom. The number of hydrogen-bond acceptors (Lipinski definition) is 7. The third kappa shape index (κ3) is 4.90. The van der Waals surface area contributed by atoms with E-state index in [-0.39, 0.29) is 18.7 Å². The zero-order valence-electron chi connectivity index (χ0n) is 18.2. The van der Waals surface area contributed by atoms with Crippen LogP contribution in [0.1, 0.15) is 52.0 Å². The molecule has 1 aromatic rings. The van der Waals surface area contributed by atoms with Crippen molar-refractivity contribution in [2.24, 2.45) is 0 Å². The highest BCUT2D eigenvalue weighted by Crippen LogP contribution is 2.30. The molecule has 0 aliphatic carbocycles. The molecule has 0 saturated carbocycles. The van der Waals surface area contributed by atoms with E-state index in [0.717, 1.165) is 56.0 Å². The molecule has 2 saturated heterocycles. The molecule has 1 atom stereocenters. The van der Waals surface area contributed by atoms with Crippen LogP contribution in [0.25, 0.3) is 0 Å². The lowest BCUT2D eigenvalue weighted by atomic mass is 9.98. The maximum absolute atomic E-state index is 13.1. The second-order valence-electron chi connectivity index (χ2n) is 8.45. The van der Waals surface area contributed by atoms with Gasteiger partial charge >= 0.3 is 0 Å². The number of fused-ring (bicyclic) bond motifs is 1. The molecule has 1 aromatic carbocycles. The van der Waals surface area contributed by atoms with Gasteiger partial charge < -0.3 is 10.1 Å². The molecule has 0 spiro atoms. The fourth-order valence-corrected chi connectivity index (χ4v) is 4.54. The lowest BCUT2D eigenvalue weighted by molar-refractivity contribution is -0.136. The van der Waals surface area contributed by atoms with Crippen molar-refractivity contribution < 1.29 is 23.9 Å². The van der Waals surface area contributed by atoms with Crippen molar-refractivity contribution in [2.75, 3.05) is 45.9 Å². The Morgan fingerprint density at radius 2 is 1.81 bits per heavy atom. The van der Waals surface area contributed by atoms with E-state index in [2.05, 4.69) is 15.5 Å². The van der Waals surface area contributed by atoms with Gasteiger partial charge in [-0.2, -0.15) is 0 Å². The molecule has 0 radical (unpaired) electrons. The van der Waals surface area contributed by atoms with Crippen molar-refractivity contribution in [1.29, 1.82) is 0 Å². The van der Waals surface area contributed by atoms with Gasteiger partial charge in [0.2, 0.25) is 11.8 Å². The Labute approximate surface area is 187 Å². The number of aryl methyl sites for hydroxylation is 1. The van der Waals surface area contributed by atoms with Crippen LogP contribution >= 0.6 is 0 Å². The van der Waals surface area contributed by atoms with Gasteiger partial charge in [0.05, 0.1) is 17.7 Å². The number of benzene rings is 1. The normalized spacial score (nSPS) is 21.8. The Morgan fingerprint density at radius 3 is 2.59 bits per heavy atom. The largest absolute Gasteiger partial charge is 0.380 e. The summed E-state index contributed by atoms with van der Waals surface area (Å²) in [6, 6.07) is 4.34. The van der Waals surface area contributed by atoms with Crippen LogP contribution in [0.5, 0.6) is 0 Å². The van der Waals surface area contributed by atoms with Gasteiger partial charge in [0.25, 0.3) is 11.8 Å². The summed E-state index contributed by atoms with van der Waals surface area (Å²) in [7, 11) is 0. The van der Waals surface area contributed by atoms with Crippen molar-refractivity contribution in [3.63, 3.8) is 0 Å². The van der Waals surface area contributed by atoms with Crippen LogP contribution in [0.3, 0.4) is 0 Å². The van der Waals surface area contributed by atoms with Gasteiger partial charge in [0.1, 0.15) is 6.04 Å². The third-order valence-electron chi connectivity index (χ3n) is 6.30. The fourth-order valence-electron chi connectivity index (χ4n) is 4.54. The molecule has 9 nitrogen and oxygen atoms in total. The number of ether oxygens (including phenoxy) is 1. The lowest BCUT2D eigenvalue weighted by Gasteiger charge is -2.27. The molecule has 9 heteroatoms. The molecule has 3 heterocycles. The van der Waals surface area contributed by atoms with Crippen molar-refractivity contribution >= 4 is 23.6 Å². The molecule has 3 aliphatic rings. The minimum Gasteiger partial charge on any atom is -0.380 e. The lowest BCUT2D eigenvalue weighted by Crippen LogP contribution is -2.54. The maximum atomic E-state index is 13.1. The molecule has 0 aromatic heterocycles. The van der Waals surface area contributed by atoms with E-state index in [1.54, 1.807) is 12.1 Å². The highest BCUT2D eigenvalue weighted by molar-refractivity contribution is 6.24. The summed E-state index contributed by atoms with van der Waals surface area (Å²) in [5.74, 6) is -1.87. The summed E-state index contributed by atoms with van der Waals surface area (Å²) in [5.41, 5.74) is 1.54. The predicted octanol–water partition coefficient (Wildman–Crippen LogP) is 0.332. The number of carbonyl (C=O) groups is 4. The Balaban J connectivity index is 1.28. The van der Waals surface area contributed by atoms with E-state index < -0.39 is 23.8 Å². The number of amides is 4. The van der Waals surface area contributed by atoms with E-state index in [0.29, 0.717) is 30.8 Å². The summed E-state index contributed by atoms with van der Waals surface area (Å²) in [6.45, 7) is 6.51. The van der Waals surface area contributed by atoms with Gasteiger partial charge in [-0.3, -0.25) is 34.3 Å². The van der Waals surface area contributed by atoms with Crippen molar-refractivity contribution in [2.45, 2.75) is 38.1 Å². The van der Waals surface area contributed by atoms with Crippen LogP contribution in [0, 0.1) is 0 Å². The summed E-state index contributed by atoms with van der Waals surface area (Å²) >= 11 is 0. The topological polar surface area (TPSA) is 108 Å². The SMILES string of the molecule is O=C1CC[C@H](N2C(=O)c3cccc(CCCCOCCN4CCNCC4)c3C2=O)C(=O)N1. The highest BCUT2D eigenvalue weighted by Gasteiger charge is 2.45. The van der Waals surface area contributed by atoms with Gasteiger partial charge in [0, 0.05) is 45.8 Å². The van der Waals surface area contributed by atoms with Crippen LogP contribution in [-0.4, -0.2) is 85.4 Å². The number of nitrogens with zero attached hydrogens (tertiary/aromatic N) is 2. The van der Waals surface area contributed by atoms with Gasteiger partial charge in [-0.05, 0) is 37.3 Å². The minimum atomic E-state index is -0.933. The quantitative estimate of drug-likeness (QED) is 0.419. The maximum Gasteiger partial charge on any atom is 0.262 e. The summed E-state index contributed by atoms with van der Waals surface area (Å²) in [6.07, 6.45) is 2.64. The summed E-state index contributed by atoms with van der Waals surface area (Å²) < 4.78 is 5.76. The third-order valence-corrected chi connectivity index (χ3v) is 6.30. The number of nitrogens with one attached hydrogen (secondary N) is 2. The van der Waals surface area contributed by atoms with Gasteiger partial charge in [-0.25, -0.2) is 0 Å². The molecule has 4 rings (SSSR count). The number of hydrogen-bond donors (Lipinski definition) is 2. The first kappa shape index (κ1) is 22.6. The molecule has 4 amide bonds. The summed E-state index contributed by atoms with van der Waals surface area (Å²) in [5, 5.41) is 5.56. The first-order chi connectivity index (χ1) is 15.6. The van der Waals surface area contributed by atoms with Gasteiger partial charge in [0.15, 0.2) is 0 Å². The monoisotopic (exact) mass is 442 g/mol. The minimum absolute atomic E-state index is 0.116. The van der Waals surface area contributed by atoms with Gasteiger partial charge in [-0.15, -0.1) is 0 Å². The Kier molecular flexibility index (Phi) is 7.29. The van der Waals surface area contributed by atoms with Crippen LogP contribution in [0.15, 0.2) is 18.2 Å². The van der Waals surface area contributed by atoms with E-state index in [9.17, 15) is 19.2 Å². The molecular weight excluding hydrogens is 412 g/mol. The van der Waals surface area contributed by atoms with Crippen LogP contribution in [0.2, 0.25) is 0 Å². The fraction of sp³-hybridized carbons (Fsp3) is 0.565. The van der Waals surface area contributed by atoms with E-state index in [1.807, 2.05) is 6.07 Å². The number of imide groups is 2. The van der Waals surface area contributed by atoms with Crippen molar-refractivity contribution in [3.8, 4) is 0 Å². The molecule has 2 N–H and O–H groups in total. The molecule has 172 valence electrons. The molecule has 3 aliphatic heterocycles. The standard InChI is InChI=1S/C23H30N4O5/c28-19-8-7-18(21(29)25-19)27-22(30)17-6-3-5-16(20(17)23(27)31)4-1-2-14-32-15-13-26-11-9-24-10-12-26/h3,5-6,18,24H,1-2,4,7-15H2,(H,25,28,29)/t18-/m0/s1. The summed E-state index contributed by atoms with van der Waals surface area (Å²) in [4.78, 5) is 53.0. The van der Waals surface area contributed by atoms with Crippen LogP contribution < -0.4 is 10.6 Å². The van der Waals surface area contributed by atoms with E-state index >= 15 is 0 Å². The zero-order chi connectivity index (χ0) is 22.5. The number of carbonyl (C=O) groups excluding carboxylic acids is 4. The number of piperazine rings is 1. The van der Waals surface area contributed by atoms with Crippen LogP contribution in [-0.2, 0) is 20.7 Å². The molecular formula is C23H30N4O5. The van der Waals surface area contributed by atoms with E-state index in [1.165, 1.54) is 0 Å². The number of piperidine rings is 1. The average molecular weight is 443 g/mol. The second-order valence-corrected chi connectivity index (χ2v) is 8.45. The molecule has 0 unspecified atom stereocenters. The number of rotatable bonds is 9. The number of unbranched alkanes of at least 4 members (excludes halogenated alkanes) is 1. The van der Waals surface area contributed by atoms with Gasteiger partial charge in [-0.1, -0.05) is 12.1 Å². The highest BCUT2D eigenvalue weighted by atomic mass is 16.5. The Hall–Kier alpha value is -2.62. The smallest absolute Gasteiger partial charge is 0.262 e. The first-order valence-electron chi connectivity index (χ1n) is 11.4. The molecule has 32 heavy (non-hydrogen) atoms. The predicted molar refractivity (Wildman–Crippen MR) is 116 cm³/mol.